The van der Waals surface area contributed by atoms with E-state index in [-0.39, 0.29) is 18.3 Å². The van der Waals surface area contributed by atoms with E-state index in [4.69, 9.17) is 4.74 Å². The maximum absolute atomic E-state index is 11.9. The third kappa shape index (κ3) is 4.66. The van der Waals surface area contributed by atoms with Crippen LogP contribution >= 0.6 is 12.4 Å². The molecule has 1 unspecified atom stereocenters. The summed E-state index contributed by atoms with van der Waals surface area (Å²) in [5.41, 5.74) is 0. The van der Waals surface area contributed by atoms with Gasteiger partial charge in [0.25, 0.3) is 5.91 Å². The Morgan fingerprint density at radius 3 is 2.81 bits per heavy atom. The minimum Gasteiger partial charge on any atom is -0.369 e. The second-order valence-corrected chi connectivity index (χ2v) is 5.03. The van der Waals surface area contributed by atoms with E-state index in [0.29, 0.717) is 18.5 Å². The van der Waals surface area contributed by atoms with Gasteiger partial charge in [0.05, 0.1) is 0 Å². The third-order valence-corrected chi connectivity index (χ3v) is 3.50. The molecule has 1 amide bonds. The minimum absolute atomic E-state index is 0. The zero-order valence-electron chi connectivity index (χ0n) is 12.8. The van der Waals surface area contributed by atoms with Crippen LogP contribution in [0, 0.1) is 0 Å². The van der Waals surface area contributed by atoms with Gasteiger partial charge >= 0.3 is 0 Å². The van der Waals surface area contributed by atoms with Gasteiger partial charge in [0.15, 0.2) is 5.82 Å². The highest BCUT2D eigenvalue weighted by atomic mass is 35.5. The van der Waals surface area contributed by atoms with Crippen LogP contribution in [0.2, 0.25) is 0 Å². The number of hydrogen-bond donors (Lipinski definition) is 2. The lowest BCUT2D eigenvalue weighted by molar-refractivity contribution is -0.126. The number of nitrogens with zero attached hydrogens (tertiary/aromatic N) is 3. The Balaban J connectivity index is 0.00000220. The molecule has 1 aliphatic rings. The molecule has 8 heteroatoms. The maximum atomic E-state index is 11.9. The lowest BCUT2D eigenvalue weighted by atomic mass is 9.98. The molecule has 120 valence electrons. The van der Waals surface area contributed by atoms with Crippen LogP contribution in [-0.4, -0.2) is 46.5 Å². The fourth-order valence-corrected chi connectivity index (χ4v) is 2.30. The van der Waals surface area contributed by atoms with Crippen molar-refractivity contribution in [2.45, 2.75) is 38.7 Å². The van der Waals surface area contributed by atoms with Crippen molar-refractivity contribution in [3.05, 3.63) is 5.82 Å². The molecule has 7 nitrogen and oxygen atoms in total. The fraction of sp³-hybridized carbons (Fsp3) is 0.769. The number of amides is 1. The molecule has 0 spiro atoms. The van der Waals surface area contributed by atoms with Crippen molar-refractivity contribution >= 4 is 24.3 Å². The van der Waals surface area contributed by atoms with Crippen LogP contribution in [0.25, 0.3) is 0 Å². The number of piperidine rings is 1. The van der Waals surface area contributed by atoms with Crippen LogP contribution in [0.5, 0.6) is 0 Å². The molecular formula is C13H24ClN5O2. The summed E-state index contributed by atoms with van der Waals surface area (Å²) in [5.74, 6) is 1.47. The van der Waals surface area contributed by atoms with Crippen LogP contribution in [0.4, 0.5) is 5.95 Å². The number of carbonyl (C=O) groups is 1. The Morgan fingerprint density at radius 1 is 1.52 bits per heavy atom. The van der Waals surface area contributed by atoms with Gasteiger partial charge in [-0.3, -0.25) is 10.1 Å². The van der Waals surface area contributed by atoms with E-state index in [1.165, 1.54) is 0 Å². The predicted molar refractivity (Wildman–Crippen MR) is 82.8 cm³/mol. The number of rotatable bonds is 5. The van der Waals surface area contributed by atoms with Crippen molar-refractivity contribution in [3.8, 4) is 0 Å². The monoisotopic (exact) mass is 317 g/mol. The summed E-state index contributed by atoms with van der Waals surface area (Å²) in [4.78, 5) is 16.4. The lowest BCUT2D eigenvalue weighted by Crippen LogP contribution is -2.29. The number of nitrogens with one attached hydrogen (secondary N) is 2. The molecule has 21 heavy (non-hydrogen) atoms. The first-order chi connectivity index (χ1) is 9.61. The molecule has 2 rings (SSSR count). The second-order valence-electron chi connectivity index (χ2n) is 5.03. The molecule has 1 aliphatic heterocycles. The molecule has 0 aromatic carbocycles. The normalized spacial score (nSPS) is 17.1. The third-order valence-electron chi connectivity index (χ3n) is 3.50. The van der Waals surface area contributed by atoms with Gasteiger partial charge in [-0.2, -0.15) is 10.1 Å². The summed E-state index contributed by atoms with van der Waals surface area (Å²) in [6.45, 7) is 6.08. The van der Waals surface area contributed by atoms with E-state index >= 15 is 0 Å². The standard InChI is InChI=1S/C13H23N5O2.ClH/c1-4-20-9(2)12(19)16-13-15-11(17-18(13)3)10-5-7-14-8-6-10;/h9-10,14H,4-8H2,1-3H3,(H,15,16,17,19);1H. The Bertz CT molecular complexity index is 459. The summed E-state index contributed by atoms with van der Waals surface area (Å²) in [6, 6.07) is 0. The smallest absolute Gasteiger partial charge is 0.255 e. The van der Waals surface area contributed by atoms with Gasteiger partial charge in [-0.05, 0) is 39.8 Å². The average molecular weight is 318 g/mol. The van der Waals surface area contributed by atoms with Gasteiger partial charge in [-0.1, -0.05) is 0 Å². The van der Waals surface area contributed by atoms with Crippen LogP contribution in [0.1, 0.15) is 38.4 Å². The van der Waals surface area contributed by atoms with Gasteiger partial charge in [0, 0.05) is 19.6 Å². The van der Waals surface area contributed by atoms with Crippen LogP contribution in [0.15, 0.2) is 0 Å². The van der Waals surface area contributed by atoms with E-state index in [1.807, 2.05) is 6.92 Å². The minimum atomic E-state index is -0.487. The van der Waals surface area contributed by atoms with Crippen LogP contribution < -0.4 is 10.6 Å². The van der Waals surface area contributed by atoms with E-state index in [0.717, 1.165) is 31.8 Å². The largest absolute Gasteiger partial charge is 0.369 e. The average Bonchev–Trinajstić information content (AvgIpc) is 2.81. The van der Waals surface area contributed by atoms with Crippen molar-refractivity contribution in [1.29, 1.82) is 0 Å². The zero-order valence-corrected chi connectivity index (χ0v) is 13.6. The highest BCUT2D eigenvalue weighted by molar-refractivity contribution is 5.92. The number of carbonyl (C=O) groups excluding carboxylic acids is 1. The van der Waals surface area contributed by atoms with Crippen molar-refractivity contribution in [2.24, 2.45) is 7.05 Å². The molecular weight excluding hydrogens is 294 g/mol. The van der Waals surface area contributed by atoms with Crippen molar-refractivity contribution in [2.75, 3.05) is 25.0 Å². The number of halogens is 1. The molecule has 1 saturated heterocycles. The molecule has 1 aromatic rings. The first-order valence-corrected chi connectivity index (χ1v) is 7.16. The lowest BCUT2D eigenvalue weighted by Gasteiger charge is -2.19. The molecule has 0 saturated carbocycles. The van der Waals surface area contributed by atoms with Gasteiger partial charge in [-0.25, -0.2) is 4.68 Å². The highest BCUT2D eigenvalue weighted by Crippen LogP contribution is 2.23. The quantitative estimate of drug-likeness (QED) is 0.849. The molecule has 0 radical (unpaired) electrons. The van der Waals surface area contributed by atoms with Crippen LogP contribution in [-0.2, 0) is 16.6 Å². The molecule has 1 aromatic heterocycles. The van der Waals surface area contributed by atoms with Crippen molar-refractivity contribution < 1.29 is 9.53 Å². The molecule has 2 heterocycles. The summed E-state index contributed by atoms with van der Waals surface area (Å²) < 4.78 is 6.88. The number of hydrogen-bond acceptors (Lipinski definition) is 5. The summed E-state index contributed by atoms with van der Waals surface area (Å²) in [5, 5.41) is 10.5. The van der Waals surface area contributed by atoms with E-state index in [1.54, 1.807) is 18.7 Å². The van der Waals surface area contributed by atoms with Crippen LogP contribution in [0.3, 0.4) is 0 Å². The highest BCUT2D eigenvalue weighted by Gasteiger charge is 2.22. The Kier molecular flexibility index (Phi) is 7.07. The fourth-order valence-electron chi connectivity index (χ4n) is 2.30. The SMILES string of the molecule is CCOC(C)C(=O)Nc1nc(C2CCNCC2)nn1C.Cl. The zero-order chi connectivity index (χ0) is 14.5. The molecule has 0 bridgehead atoms. The first-order valence-electron chi connectivity index (χ1n) is 7.16. The number of anilines is 1. The van der Waals surface area contributed by atoms with E-state index < -0.39 is 6.10 Å². The summed E-state index contributed by atoms with van der Waals surface area (Å²) in [6.07, 6.45) is 1.58. The van der Waals surface area contributed by atoms with Gasteiger partial charge in [-0.15, -0.1) is 12.4 Å². The van der Waals surface area contributed by atoms with E-state index in [9.17, 15) is 4.79 Å². The van der Waals surface area contributed by atoms with Gasteiger partial charge in [0.1, 0.15) is 6.10 Å². The Morgan fingerprint density at radius 2 is 2.19 bits per heavy atom. The predicted octanol–water partition coefficient (Wildman–Crippen LogP) is 1.07. The summed E-state index contributed by atoms with van der Waals surface area (Å²) >= 11 is 0. The van der Waals surface area contributed by atoms with Crippen molar-refractivity contribution in [1.82, 2.24) is 20.1 Å². The number of ether oxygens (including phenoxy) is 1. The Labute approximate surface area is 131 Å². The number of aromatic nitrogens is 3. The van der Waals surface area contributed by atoms with E-state index in [2.05, 4.69) is 20.7 Å². The van der Waals surface area contributed by atoms with Gasteiger partial charge < -0.3 is 10.1 Å². The summed E-state index contributed by atoms with van der Waals surface area (Å²) in [7, 11) is 1.79. The van der Waals surface area contributed by atoms with Crippen molar-refractivity contribution in [3.63, 3.8) is 0 Å². The molecule has 1 atom stereocenters. The molecule has 2 N–H and O–H groups in total. The Hall–Kier alpha value is -1.18. The molecule has 0 aliphatic carbocycles. The maximum Gasteiger partial charge on any atom is 0.255 e. The first kappa shape index (κ1) is 17.9. The number of aryl methyl sites for hydroxylation is 1. The topological polar surface area (TPSA) is 81.1 Å². The second kappa shape index (κ2) is 8.31. The van der Waals surface area contributed by atoms with Gasteiger partial charge in [0.2, 0.25) is 5.95 Å². The molecule has 1 fully saturated rings.